The van der Waals surface area contributed by atoms with Crippen LogP contribution >= 0.6 is 11.6 Å². The molecule has 56 valence electrons. The summed E-state index contributed by atoms with van der Waals surface area (Å²) in [7, 11) is 1.66. The summed E-state index contributed by atoms with van der Waals surface area (Å²) < 4.78 is -0.194. The molecule has 1 atom stereocenters. The smallest absolute Gasteiger partial charge is 0.0919 e. The minimum Gasteiger partial charge on any atom is -0.633 e. The van der Waals surface area contributed by atoms with Crippen LogP contribution in [-0.2, 0) is 0 Å². The van der Waals surface area contributed by atoms with Crippen molar-refractivity contribution in [2.45, 2.75) is 13.3 Å². The fraction of sp³-hybridized carbons (Fsp3) is 1.00. The summed E-state index contributed by atoms with van der Waals surface area (Å²) >= 11 is 5.41. The van der Waals surface area contributed by atoms with E-state index in [0.29, 0.717) is 19.0 Å². The number of alkyl halides is 1. The van der Waals surface area contributed by atoms with Gasteiger partial charge in [0, 0.05) is 0 Å². The van der Waals surface area contributed by atoms with E-state index in [0.717, 1.165) is 6.42 Å². The lowest BCUT2D eigenvalue weighted by molar-refractivity contribution is -0.858. The van der Waals surface area contributed by atoms with E-state index in [1.165, 1.54) is 0 Å². The first-order valence-corrected chi connectivity index (χ1v) is 3.77. The van der Waals surface area contributed by atoms with Crippen LogP contribution < -0.4 is 0 Å². The predicted molar refractivity (Wildman–Crippen MR) is 40.3 cm³/mol. The maximum Gasteiger partial charge on any atom is 0.0919 e. The molecule has 0 aliphatic carbocycles. The van der Waals surface area contributed by atoms with Gasteiger partial charge in [-0.2, -0.15) is 0 Å². The molecule has 0 saturated heterocycles. The number of halogens is 1. The van der Waals surface area contributed by atoms with E-state index < -0.39 is 0 Å². The van der Waals surface area contributed by atoms with E-state index >= 15 is 0 Å². The zero-order chi connectivity index (χ0) is 7.33. The summed E-state index contributed by atoms with van der Waals surface area (Å²) in [5.41, 5.74) is 0. The van der Waals surface area contributed by atoms with Crippen LogP contribution in [0.2, 0.25) is 0 Å². The SMILES string of the molecule is CCC[N+](C)([O-])CCCl. The van der Waals surface area contributed by atoms with Gasteiger partial charge in [-0.3, -0.25) is 0 Å². The molecule has 0 spiro atoms. The van der Waals surface area contributed by atoms with Crippen LogP contribution in [0.5, 0.6) is 0 Å². The van der Waals surface area contributed by atoms with Crippen LogP contribution in [0.1, 0.15) is 13.3 Å². The van der Waals surface area contributed by atoms with Crippen molar-refractivity contribution in [2.24, 2.45) is 0 Å². The van der Waals surface area contributed by atoms with Gasteiger partial charge in [-0.25, -0.2) is 0 Å². The Morgan fingerprint density at radius 3 is 2.33 bits per heavy atom. The zero-order valence-corrected chi connectivity index (χ0v) is 6.82. The standard InChI is InChI=1S/C6H14ClNO/c1-3-5-8(2,9)6-4-7/h3-6H2,1-2H3. The van der Waals surface area contributed by atoms with Crippen molar-refractivity contribution in [3.8, 4) is 0 Å². The number of hydrogen-bond acceptors (Lipinski definition) is 1. The van der Waals surface area contributed by atoms with Gasteiger partial charge in [-0.15, -0.1) is 11.6 Å². The molecule has 0 saturated carbocycles. The summed E-state index contributed by atoms with van der Waals surface area (Å²) in [5.74, 6) is 0.458. The lowest BCUT2D eigenvalue weighted by Gasteiger charge is -2.37. The van der Waals surface area contributed by atoms with Crippen molar-refractivity contribution in [1.82, 2.24) is 0 Å². The maximum atomic E-state index is 11.2. The van der Waals surface area contributed by atoms with Gasteiger partial charge in [0.05, 0.1) is 26.0 Å². The molecule has 0 amide bonds. The Morgan fingerprint density at radius 1 is 1.44 bits per heavy atom. The Balaban J connectivity index is 3.43. The van der Waals surface area contributed by atoms with Crippen molar-refractivity contribution in [2.75, 3.05) is 26.0 Å². The maximum absolute atomic E-state index is 11.2. The normalized spacial score (nSPS) is 17.3. The van der Waals surface area contributed by atoms with Crippen LogP contribution in [0, 0.1) is 5.21 Å². The molecule has 0 heterocycles. The highest BCUT2D eigenvalue weighted by Gasteiger charge is 2.05. The molecule has 0 aromatic heterocycles. The van der Waals surface area contributed by atoms with E-state index in [1.54, 1.807) is 7.05 Å². The summed E-state index contributed by atoms with van der Waals surface area (Å²) in [6.45, 7) is 3.20. The van der Waals surface area contributed by atoms with E-state index in [4.69, 9.17) is 11.6 Å². The second kappa shape index (κ2) is 4.09. The quantitative estimate of drug-likeness (QED) is 0.340. The number of nitrogens with zero attached hydrogens (tertiary/aromatic N) is 1. The number of hydrogen-bond donors (Lipinski definition) is 0. The van der Waals surface area contributed by atoms with Crippen molar-refractivity contribution in [1.29, 1.82) is 0 Å². The van der Waals surface area contributed by atoms with Gasteiger partial charge < -0.3 is 9.85 Å². The highest BCUT2D eigenvalue weighted by molar-refractivity contribution is 6.17. The molecule has 0 aromatic rings. The highest BCUT2D eigenvalue weighted by atomic mass is 35.5. The van der Waals surface area contributed by atoms with Gasteiger partial charge in [0.2, 0.25) is 0 Å². The van der Waals surface area contributed by atoms with E-state index in [-0.39, 0.29) is 4.65 Å². The van der Waals surface area contributed by atoms with E-state index in [9.17, 15) is 5.21 Å². The highest BCUT2D eigenvalue weighted by Crippen LogP contribution is 2.00. The monoisotopic (exact) mass is 151 g/mol. The van der Waals surface area contributed by atoms with Crippen LogP contribution in [0.4, 0.5) is 0 Å². The molecule has 3 heteroatoms. The topological polar surface area (TPSA) is 23.1 Å². The van der Waals surface area contributed by atoms with Crippen molar-refractivity contribution in [3.05, 3.63) is 5.21 Å². The Bertz CT molecular complexity index is 67.5. The number of rotatable bonds is 4. The lowest BCUT2D eigenvalue weighted by Crippen LogP contribution is -2.39. The Morgan fingerprint density at radius 2 is 2.00 bits per heavy atom. The minimum atomic E-state index is -0.194. The fourth-order valence-corrected chi connectivity index (χ4v) is 1.12. The molecule has 0 bridgehead atoms. The largest absolute Gasteiger partial charge is 0.633 e. The van der Waals surface area contributed by atoms with Gasteiger partial charge >= 0.3 is 0 Å². The minimum absolute atomic E-state index is 0.194. The Kier molecular flexibility index (Phi) is 4.19. The lowest BCUT2D eigenvalue weighted by atomic mass is 10.4. The summed E-state index contributed by atoms with van der Waals surface area (Å²) in [5, 5.41) is 11.2. The van der Waals surface area contributed by atoms with E-state index in [2.05, 4.69) is 0 Å². The third-order valence-electron chi connectivity index (χ3n) is 1.25. The summed E-state index contributed by atoms with van der Waals surface area (Å²) in [6, 6.07) is 0. The first kappa shape index (κ1) is 9.21. The molecular weight excluding hydrogens is 138 g/mol. The van der Waals surface area contributed by atoms with Crippen molar-refractivity contribution in [3.63, 3.8) is 0 Å². The molecule has 0 N–H and O–H groups in total. The molecule has 2 nitrogen and oxygen atoms in total. The summed E-state index contributed by atoms with van der Waals surface area (Å²) in [6.07, 6.45) is 0.927. The molecule has 9 heavy (non-hydrogen) atoms. The fourth-order valence-electron chi connectivity index (χ4n) is 0.764. The van der Waals surface area contributed by atoms with Gasteiger partial charge in [0.25, 0.3) is 0 Å². The van der Waals surface area contributed by atoms with Crippen molar-refractivity contribution < 1.29 is 4.65 Å². The third kappa shape index (κ3) is 4.70. The second-order valence-electron chi connectivity index (χ2n) is 2.43. The first-order valence-electron chi connectivity index (χ1n) is 3.24. The third-order valence-corrected chi connectivity index (χ3v) is 1.42. The van der Waals surface area contributed by atoms with Gasteiger partial charge in [0.1, 0.15) is 0 Å². The van der Waals surface area contributed by atoms with Gasteiger partial charge in [-0.1, -0.05) is 6.92 Å². The number of hydroxylamine groups is 3. The Hall–Kier alpha value is 0.210. The van der Waals surface area contributed by atoms with Crippen LogP contribution in [-0.4, -0.2) is 30.7 Å². The molecule has 0 fully saturated rings. The molecule has 0 radical (unpaired) electrons. The van der Waals surface area contributed by atoms with Crippen LogP contribution in [0.15, 0.2) is 0 Å². The molecule has 0 aliphatic rings. The van der Waals surface area contributed by atoms with Crippen LogP contribution in [0.25, 0.3) is 0 Å². The molecule has 0 aliphatic heterocycles. The van der Waals surface area contributed by atoms with Gasteiger partial charge in [-0.05, 0) is 6.42 Å². The molecule has 0 aromatic carbocycles. The summed E-state index contributed by atoms with van der Waals surface area (Å²) in [4.78, 5) is 0. The Labute approximate surface area is 61.6 Å². The first-order chi connectivity index (χ1) is 4.12. The average molecular weight is 152 g/mol. The number of quaternary nitrogens is 1. The molecular formula is C6H14ClNO. The average Bonchev–Trinajstić information content (AvgIpc) is 1.64. The van der Waals surface area contributed by atoms with Crippen LogP contribution in [0.3, 0.4) is 0 Å². The second-order valence-corrected chi connectivity index (χ2v) is 2.81. The molecule has 0 rings (SSSR count). The van der Waals surface area contributed by atoms with Gasteiger partial charge in [0.15, 0.2) is 0 Å². The molecule has 1 unspecified atom stereocenters. The van der Waals surface area contributed by atoms with Crippen molar-refractivity contribution >= 4 is 11.6 Å². The zero-order valence-electron chi connectivity index (χ0n) is 6.06. The van der Waals surface area contributed by atoms with E-state index in [1.807, 2.05) is 6.92 Å². The predicted octanol–water partition coefficient (Wildman–Crippen LogP) is 1.58.